The summed E-state index contributed by atoms with van der Waals surface area (Å²) in [4.78, 5) is 55.9. The van der Waals surface area contributed by atoms with Crippen LogP contribution in [0.1, 0.15) is 56.1 Å². The third-order valence-corrected chi connectivity index (χ3v) is 11.0. The Morgan fingerprint density at radius 3 is 2.26 bits per heavy atom. The lowest BCUT2D eigenvalue weighted by molar-refractivity contribution is -0.153. The molecule has 5 aliphatic rings. The van der Waals surface area contributed by atoms with Crippen LogP contribution in [0.5, 0.6) is 5.75 Å². The fourth-order valence-electron chi connectivity index (χ4n) is 8.33. The summed E-state index contributed by atoms with van der Waals surface area (Å²) < 4.78 is 0. The summed E-state index contributed by atoms with van der Waals surface area (Å²) in [6.07, 6.45) is 7.09. The smallest absolute Gasteiger partial charge is 0.255 e. The number of aliphatic hydroxyl groups excluding tert-OH is 2. The van der Waals surface area contributed by atoms with Gasteiger partial charge >= 0.3 is 0 Å². The summed E-state index contributed by atoms with van der Waals surface area (Å²) in [7, 11) is 6.65. The third-order valence-electron chi connectivity index (χ3n) is 11.0. The van der Waals surface area contributed by atoms with Crippen LogP contribution in [-0.4, -0.2) is 101 Å². The van der Waals surface area contributed by atoms with Gasteiger partial charge in [-0.15, -0.1) is 0 Å². The average Bonchev–Trinajstić information content (AvgIpc) is 3.74. The van der Waals surface area contributed by atoms with E-state index in [-0.39, 0.29) is 48.2 Å². The number of amides is 2. The van der Waals surface area contributed by atoms with Gasteiger partial charge in [0.2, 0.25) is 11.7 Å². The highest BCUT2D eigenvalue weighted by Crippen LogP contribution is 2.56. The van der Waals surface area contributed by atoms with Crippen LogP contribution in [0.15, 0.2) is 23.0 Å². The molecule has 0 saturated heterocycles. The summed E-state index contributed by atoms with van der Waals surface area (Å²) in [6, 6.07) is 0.698. The Balaban J connectivity index is 1.35. The summed E-state index contributed by atoms with van der Waals surface area (Å²) in [5.41, 5.74) is 3.16. The number of fused-ring (bicyclic) bond motifs is 3. The number of phenols is 1. The van der Waals surface area contributed by atoms with Crippen molar-refractivity contribution < 1.29 is 39.6 Å². The van der Waals surface area contributed by atoms with Crippen LogP contribution in [-0.2, 0) is 25.6 Å². The number of aromatic hydroxyl groups is 1. The van der Waals surface area contributed by atoms with Crippen LogP contribution < -0.4 is 21.3 Å². The molecule has 13 nitrogen and oxygen atoms in total. The Kier molecular flexibility index (Phi) is 7.72. The molecular weight excluding hydrogens is 594 g/mol. The first-order chi connectivity index (χ1) is 21.6. The van der Waals surface area contributed by atoms with Crippen LogP contribution in [0.4, 0.5) is 11.4 Å². The second kappa shape index (κ2) is 11.1. The number of nitrogens with zero attached hydrogens (tertiary/aromatic N) is 2. The maximum Gasteiger partial charge on any atom is 0.255 e. The predicted molar refractivity (Wildman–Crippen MR) is 169 cm³/mol. The zero-order chi connectivity index (χ0) is 33.5. The molecule has 8 N–H and O–H groups in total. The van der Waals surface area contributed by atoms with Gasteiger partial charge in [0.05, 0.1) is 23.8 Å². The number of ketones is 2. The number of rotatable bonds is 7. The highest BCUT2D eigenvalue weighted by atomic mass is 16.3. The SMILES string of the molecule is CN(C)c1cc(NC(=O)CNC2CCC3(CC2)CC3)c(O)c2c1C[C@H]1C[C@H]3C(N(C)C)C(=O)C(C(N)=O)=C(O)[C@@]3(O)C(=O)C1=C2O. The number of nitrogens with two attached hydrogens (primary N) is 1. The summed E-state index contributed by atoms with van der Waals surface area (Å²) in [6.45, 7) is 0.0348. The number of nitrogens with one attached hydrogen (secondary N) is 2. The number of anilines is 2. The molecule has 1 aromatic carbocycles. The molecule has 46 heavy (non-hydrogen) atoms. The highest BCUT2D eigenvalue weighted by Gasteiger charge is 2.64. The fraction of sp³-hybridized carbons (Fsp3) is 0.576. The number of aliphatic hydroxyl groups is 3. The Morgan fingerprint density at radius 2 is 1.70 bits per heavy atom. The molecule has 3 fully saturated rings. The number of carbonyl (C=O) groups excluding carboxylic acids is 4. The van der Waals surface area contributed by atoms with Crippen molar-refractivity contribution in [2.75, 3.05) is 45.0 Å². The minimum absolute atomic E-state index is 0.00810. The van der Waals surface area contributed by atoms with E-state index in [2.05, 4.69) is 10.6 Å². The number of hydrogen-bond acceptors (Lipinski definition) is 11. The third kappa shape index (κ3) is 4.87. The molecular formula is C33H43N5O8. The monoisotopic (exact) mass is 637 g/mol. The van der Waals surface area contributed by atoms with Crippen LogP contribution >= 0.6 is 0 Å². The number of hydrogen-bond donors (Lipinski definition) is 7. The van der Waals surface area contributed by atoms with Gasteiger partial charge in [-0.25, -0.2) is 0 Å². The van der Waals surface area contributed by atoms with Crippen LogP contribution in [0.2, 0.25) is 0 Å². The van der Waals surface area contributed by atoms with Gasteiger partial charge in [-0.3, -0.25) is 24.1 Å². The first-order valence-corrected chi connectivity index (χ1v) is 15.9. The maximum atomic E-state index is 14.1. The lowest BCUT2D eigenvalue weighted by atomic mass is 9.57. The van der Waals surface area contributed by atoms with Gasteiger partial charge in [0.1, 0.15) is 22.8 Å². The van der Waals surface area contributed by atoms with E-state index < -0.39 is 63.8 Å². The summed E-state index contributed by atoms with van der Waals surface area (Å²) in [5, 5.41) is 52.1. The molecule has 248 valence electrons. The molecule has 2 amide bonds. The Morgan fingerprint density at radius 1 is 1.04 bits per heavy atom. The number of likely N-dealkylation sites (N-methyl/N-ethyl adjacent to an activating group) is 1. The first kappa shape index (κ1) is 32.0. The molecule has 4 atom stereocenters. The van der Waals surface area contributed by atoms with E-state index in [0.29, 0.717) is 16.7 Å². The van der Waals surface area contributed by atoms with Gasteiger partial charge in [0.15, 0.2) is 11.4 Å². The maximum absolute atomic E-state index is 14.1. The van der Waals surface area contributed by atoms with E-state index in [0.717, 1.165) is 25.7 Å². The van der Waals surface area contributed by atoms with Crippen molar-refractivity contribution in [1.82, 2.24) is 10.2 Å². The van der Waals surface area contributed by atoms with Crippen molar-refractivity contribution in [3.8, 4) is 5.75 Å². The Hall–Kier alpha value is -3.94. The van der Waals surface area contributed by atoms with Crippen molar-refractivity contribution in [2.45, 2.75) is 69.1 Å². The van der Waals surface area contributed by atoms with Crippen molar-refractivity contribution in [2.24, 2.45) is 23.0 Å². The normalized spacial score (nSPS) is 28.6. The minimum atomic E-state index is -2.72. The van der Waals surface area contributed by atoms with Gasteiger partial charge in [0.25, 0.3) is 5.91 Å². The first-order valence-electron chi connectivity index (χ1n) is 15.9. The van der Waals surface area contributed by atoms with Crippen LogP contribution in [0, 0.1) is 17.3 Å². The predicted octanol–water partition coefficient (Wildman–Crippen LogP) is 1.28. The van der Waals surface area contributed by atoms with Crippen LogP contribution in [0.25, 0.3) is 5.76 Å². The van der Waals surface area contributed by atoms with E-state index in [1.54, 1.807) is 39.2 Å². The molecule has 13 heteroatoms. The van der Waals surface area contributed by atoms with Gasteiger partial charge in [-0.1, -0.05) is 0 Å². The second-order valence-corrected chi connectivity index (χ2v) is 14.2. The van der Waals surface area contributed by atoms with E-state index >= 15 is 0 Å². The number of carbonyl (C=O) groups is 4. The van der Waals surface area contributed by atoms with E-state index in [1.807, 2.05) is 0 Å². The zero-order valence-corrected chi connectivity index (χ0v) is 26.6. The van der Waals surface area contributed by atoms with E-state index in [1.165, 1.54) is 17.7 Å². The summed E-state index contributed by atoms with van der Waals surface area (Å²) >= 11 is 0. The molecule has 0 bridgehead atoms. The fourth-order valence-corrected chi connectivity index (χ4v) is 8.33. The van der Waals surface area contributed by atoms with Gasteiger partial charge < -0.3 is 41.7 Å². The molecule has 1 unspecified atom stereocenters. The molecule has 1 aromatic rings. The minimum Gasteiger partial charge on any atom is -0.508 e. The second-order valence-electron chi connectivity index (χ2n) is 14.2. The van der Waals surface area contributed by atoms with Crippen molar-refractivity contribution in [3.05, 3.63) is 34.1 Å². The number of benzene rings is 1. The number of phenolic OH excluding ortho intramolecular Hbond substituents is 1. The van der Waals surface area contributed by atoms with Crippen molar-refractivity contribution >= 4 is 40.5 Å². The molecule has 0 aliphatic heterocycles. The van der Waals surface area contributed by atoms with Gasteiger partial charge in [0, 0.05) is 37.3 Å². The largest absolute Gasteiger partial charge is 0.508 e. The van der Waals surface area contributed by atoms with Crippen LogP contribution in [0.3, 0.4) is 0 Å². The van der Waals surface area contributed by atoms with Gasteiger partial charge in [-0.05, 0) is 88.4 Å². The van der Waals surface area contributed by atoms with E-state index in [4.69, 9.17) is 5.73 Å². The molecule has 5 aliphatic carbocycles. The standard InChI is InChI=1S/C33H43N5O8/c1-37(2)20-13-19(36-21(39)14-35-16-5-7-32(8-6-16)9-10-32)26(40)23-17(20)11-15-12-18-25(38(3)4)28(42)24(31(34)45)30(44)33(18,46)29(43)22(15)27(23)41/h13,15-16,18,25,35,40-41,44,46H,5-12,14H2,1-4H3,(H2,34,45)(H,36,39)/t15-,18-,25?,33-/m0/s1. The topological polar surface area (TPSA) is 206 Å². The molecule has 3 saturated carbocycles. The Labute approximate surface area is 267 Å². The lowest BCUT2D eigenvalue weighted by Gasteiger charge is -2.50. The zero-order valence-electron chi connectivity index (χ0n) is 26.6. The molecule has 0 aromatic heterocycles. The Bertz CT molecular complexity index is 1600. The van der Waals surface area contributed by atoms with Crippen molar-refractivity contribution in [3.63, 3.8) is 0 Å². The number of Topliss-reactive ketones (excluding diaryl/α,β-unsaturated/α-hetero) is 2. The molecule has 1 spiro atoms. The molecule has 0 heterocycles. The van der Waals surface area contributed by atoms with Gasteiger partial charge in [-0.2, -0.15) is 0 Å². The average molecular weight is 638 g/mol. The number of primary amides is 1. The quantitative estimate of drug-likeness (QED) is 0.167. The summed E-state index contributed by atoms with van der Waals surface area (Å²) in [5.74, 6) is -7.61. The van der Waals surface area contributed by atoms with Crippen molar-refractivity contribution in [1.29, 1.82) is 0 Å². The molecule has 6 rings (SSSR count). The lowest BCUT2D eigenvalue weighted by Crippen LogP contribution is -2.65. The van der Waals surface area contributed by atoms with E-state index in [9.17, 15) is 39.6 Å². The highest BCUT2D eigenvalue weighted by molar-refractivity contribution is 6.24. The molecule has 0 radical (unpaired) electrons.